The third-order valence-corrected chi connectivity index (χ3v) is 8.65. The van der Waals surface area contributed by atoms with Gasteiger partial charge in [-0.25, -0.2) is 8.42 Å². The molecule has 39 heavy (non-hydrogen) atoms. The maximum Gasteiger partial charge on any atom is 0.264 e. The van der Waals surface area contributed by atoms with E-state index in [0.29, 0.717) is 12.1 Å². The summed E-state index contributed by atoms with van der Waals surface area (Å²) in [5.41, 5.74) is 3.31. The first-order chi connectivity index (χ1) is 18.5. The van der Waals surface area contributed by atoms with Crippen molar-refractivity contribution in [3.05, 3.63) is 95.6 Å². The quantitative estimate of drug-likeness (QED) is 0.349. The van der Waals surface area contributed by atoms with Gasteiger partial charge in [0.25, 0.3) is 10.0 Å². The van der Waals surface area contributed by atoms with E-state index in [1.165, 1.54) is 4.90 Å². The van der Waals surface area contributed by atoms with Crippen molar-refractivity contribution in [2.24, 2.45) is 0 Å². The Morgan fingerprint density at radius 2 is 1.41 bits per heavy atom. The zero-order valence-electron chi connectivity index (χ0n) is 23.4. The van der Waals surface area contributed by atoms with E-state index in [0.717, 1.165) is 27.4 Å². The Morgan fingerprint density at radius 1 is 0.846 bits per heavy atom. The number of carbonyl (C=O) groups is 2. The second-order valence-corrected chi connectivity index (χ2v) is 11.8. The number of anilines is 1. The average Bonchev–Trinajstić information content (AvgIpc) is 2.93. The number of amides is 2. The summed E-state index contributed by atoms with van der Waals surface area (Å²) >= 11 is 0. The van der Waals surface area contributed by atoms with E-state index in [1.54, 1.807) is 43.3 Å². The lowest BCUT2D eigenvalue weighted by Gasteiger charge is -2.32. The molecule has 0 heterocycles. The number of nitrogens with zero attached hydrogens (tertiary/aromatic N) is 2. The first-order valence-electron chi connectivity index (χ1n) is 13.3. The van der Waals surface area contributed by atoms with Gasteiger partial charge < -0.3 is 10.2 Å². The lowest BCUT2D eigenvalue weighted by Crippen LogP contribution is -2.53. The van der Waals surface area contributed by atoms with Crippen LogP contribution in [0.2, 0.25) is 0 Å². The summed E-state index contributed by atoms with van der Waals surface area (Å²) < 4.78 is 28.8. The molecule has 0 aliphatic carbocycles. The minimum Gasteiger partial charge on any atom is -0.352 e. The minimum atomic E-state index is -4.06. The van der Waals surface area contributed by atoms with Crippen LogP contribution in [0.1, 0.15) is 43.9 Å². The summed E-state index contributed by atoms with van der Waals surface area (Å²) in [7, 11) is -4.06. The molecule has 2 amide bonds. The van der Waals surface area contributed by atoms with Crippen LogP contribution >= 0.6 is 0 Å². The second kappa shape index (κ2) is 13.4. The van der Waals surface area contributed by atoms with Gasteiger partial charge in [0.05, 0.1) is 10.6 Å². The fourth-order valence-corrected chi connectivity index (χ4v) is 5.53. The first-order valence-corrected chi connectivity index (χ1v) is 14.8. The molecule has 3 rings (SSSR count). The molecule has 0 spiro atoms. The van der Waals surface area contributed by atoms with E-state index in [-0.39, 0.29) is 23.4 Å². The molecule has 3 aromatic carbocycles. The predicted molar refractivity (Wildman–Crippen MR) is 156 cm³/mol. The molecule has 0 bridgehead atoms. The maximum atomic E-state index is 13.9. The normalized spacial score (nSPS) is 12.8. The standard InChI is InChI=1S/C31H39N3O4S/c1-6-25(4)32-31(36)26(5)33(21-20-27-10-8-7-9-11-27)30(35)22-34(28-16-12-23(2)13-17-28)39(37,38)29-18-14-24(3)15-19-29/h7-19,25-26H,6,20-22H2,1-5H3,(H,32,36)/t25-,26-/m1/s1. The number of nitrogens with one attached hydrogen (secondary N) is 1. The van der Waals surface area contributed by atoms with Gasteiger partial charge in [-0.3, -0.25) is 13.9 Å². The van der Waals surface area contributed by atoms with Gasteiger partial charge in [-0.05, 0) is 70.4 Å². The monoisotopic (exact) mass is 549 g/mol. The smallest absolute Gasteiger partial charge is 0.264 e. The molecule has 3 aromatic rings. The average molecular weight is 550 g/mol. The summed E-state index contributed by atoms with van der Waals surface area (Å²) in [6, 6.07) is 22.5. The van der Waals surface area contributed by atoms with Gasteiger partial charge in [0.1, 0.15) is 12.6 Å². The van der Waals surface area contributed by atoms with Crippen LogP contribution in [0.3, 0.4) is 0 Å². The molecular formula is C31H39N3O4S. The number of hydrogen-bond donors (Lipinski definition) is 1. The van der Waals surface area contributed by atoms with Crippen molar-refractivity contribution in [1.29, 1.82) is 0 Å². The van der Waals surface area contributed by atoms with E-state index in [1.807, 2.05) is 70.2 Å². The molecule has 0 aromatic heterocycles. The highest BCUT2D eigenvalue weighted by molar-refractivity contribution is 7.92. The molecule has 8 heteroatoms. The van der Waals surface area contributed by atoms with Gasteiger partial charge >= 0.3 is 0 Å². The van der Waals surface area contributed by atoms with E-state index in [4.69, 9.17) is 0 Å². The number of benzene rings is 3. The molecule has 0 aliphatic heterocycles. The predicted octanol–water partition coefficient (Wildman–Crippen LogP) is 4.87. The van der Waals surface area contributed by atoms with Crippen LogP contribution in [0.5, 0.6) is 0 Å². The Labute approximate surface area is 232 Å². The number of carbonyl (C=O) groups excluding carboxylic acids is 2. The van der Waals surface area contributed by atoms with Crippen LogP contribution in [0.15, 0.2) is 83.8 Å². The molecule has 0 radical (unpaired) electrons. The van der Waals surface area contributed by atoms with Crippen LogP contribution < -0.4 is 9.62 Å². The van der Waals surface area contributed by atoms with Crippen LogP contribution in [-0.2, 0) is 26.0 Å². The van der Waals surface area contributed by atoms with Crippen molar-refractivity contribution in [1.82, 2.24) is 10.2 Å². The van der Waals surface area contributed by atoms with Crippen molar-refractivity contribution >= 4 is 27.5 Å². The Morgan fingerprint density at radius 3 is 1.97 bits per heavy atom. The van der Waals surface area contributed by atoms with Gasteiger partial charge in [0.2, 0.25) is 11.8 Å². The molecule has 0 saturated heterocycles. The van der Waals surface area contributed by atoms with Crippen molar-refractivity contribution in [2.45, 2.75) is 64.4 Å². The number of aryl methyl sites for hydroxylation is 2. The molecule has 0 aliphatic rings. The number of hydrogen-bond acceptors (Lipinski definition) is 4. The lowest BCUT2D eigenvalue weighted by atomic mass is 10.1. The van der Waals surface area contributed by atoms with Crippen LogP contribution in [-0.4, -0.2) is 50.3 Å². The van der Waals surface area contributed by atoms with Gasteiger partial charge in [0.15, 0.2) is 0 Å². The Kier molecular flexibility index (Phi) is 10.3. The summed E-state index contributed by atoms with van der Waals surface area (Å²) in [6.45, 7) is 9.20. The molecule has 0 saturated carbocycles. The van der Waals surface area contributed by atoms with Crippen molar-refractivity contribution in [3.63, 3.8) is 0 Å². The summed E-state index contributed by atoms with van der Waals surface area (Å²) in [4.78, 5) is 28.5. The zero-order chi connectivity index (χ0) is 28.6. The Bertz CT molecular complexity index is 1340. The van der Waals surface area contributed by atoms with Gasteiger partial charge in [-0.1, -0.05) is 72.6 Å². The largest absolute Gasteiger partial charge is 0.352 e. The first kappa shape index (κ1) is 29.9. The molecule has 208 valence electrons. The van der Waals surface area contributed by atoms with Gasteiger partial charge in [0, 0.05) is 12.6 Å². The second-order valence-electron chi connectivity index (χ2n) is 9.98. The van der Waals surface area contributed by atoms with Crippen molar-refractivity contribution in [3.8, 4) is 0 Å². The highest BCUT2D eigenvalue weighted by Gasteiger charge is 2.32. The van der Waals surface area contributed by atoms with E-state index >= 15 is 0 Å². The van der Waals surface area contributed by atoms with Crippen molar-refractivity contribution in [2.75, 3.05) is 17.4 Å². The molecule has 1 N–H and O–H groups in total. The Hall–Kier alpha value is -3.65. The zero-order valence-corrected chi connectivity index (χ0v) is 24.2. The summed E-state index contributed by atoms with van der Waals surface area (Å²) in [5.74, 6) is -0.719. The fourth-order valence-electron chi connectivity index (χ4n) is 4.11. The van der Waals surface area contributed by atoms with Crippen LogP contribution in [0.25, 0.3) is 0 Å². The summed E-state index contributed by atoms with van der Waals surface area (Å²) in [5, 5.41) is 2.95. The summed E-state index contributed by atoms with van der Waals surface area (Å²) in [6.07, 6.45) is 1.29. The van der Waals surface area contributed by atoms with Gasteiger partial charge in [-0.2, -0.15) is 0 Å². The lowest BCUT2D eigenvalue weighted by molar-refractivity contribution is -0.139. The molecule has 7 nitrogen and oxygen atoms in total. The van der Waals surface area contributed by atoms with Crippen LogP contribution in [0.4, 0.5) is 5.69 Å². The van der Waals surface area contributed by atoms with Crippen molar-refractivity contribution < 1.29 is 18.0 Å². The highest BCUT2D eigenvalue weighted by atomic mass is 32.2. The molecule has 2 atom stereocenters. The molecular weight excluding hydrogens is 510 g/mol. The third-order valence-electron chi connectivity index (χ3n) is 6.86. The minimum absolute atomic E-state index is 0.0444. The maximum absolute atomic E-state index is 13.9. The highest BCUT2D eigenvalue weighted by Crippen LogP contribution is 2.25. The molecule has 0 unspecified atom stereocenters. The van der Waals surface area contributed by atoms with Crippen LogP contribution in [0, 0.1) is 13.8 Å². The van der Waals surface area contributed by atoms with E-state index in [2.05, 4.69) is 5.32 Å². The fraction of sp³-hybridized carbons (Fsp3) is 0.355. The number of sulfonamides is 1. The topological polar surface area (TPSA) is 86.8 Å². The van der Waals surface area contributed by atoms with E-state index in [9.17, 15) is 18.0 Å². The van der Waals surface area contributed by atoms with E-state index < -0.39 is 28.5 Å². The third kappa shape index (κ3) is 7.93. The van der Waals surface area contributed by atoms with Gasteiger partial charge in [-0.15, -0.1) is 0 Å². The Balaban J connectivity index is 1.96. The number of rotatable bonds is 12. The SMILES string of the molecule is CC[C@@H](C)NC(=O)[C@@H](C)N(CCc1ccccc1)C(=O)CN(c1ccc(C)cc1)S(=O)(=O)c1ccc(C)cc1. The molecule has 0 fully saturated rings.